The van der Waals surface area contributed by atoms with E-state index in [0.717, 1.165) is 30.5 Å². The number of benzene rings is 1. The van der Waals surface area contributed by atoms with Crippen molar-refractivity contribution in [1.29, 1.82) is 0 Å². The predicted molar refractivity (Wildman–Crippen MR) is 60.5 cm³/mol. The second-order valence-electron chi connectivity index (χ2n) is 5.15. The SMILES string of the molecule is CC(N)(Cc1ccc(C(F)(F)F)cc1)C1CC1. The molecule has 94 valence electrons. The van der Waals surface area contributed by atoms with Gasteiger partial charge in [-0.25, -0.2) is 0 Å². The van der Waals surface area contributed by atoms with Crippen LogP contribution in [-0.4, -0.2) is 5.54 Å². The molecule has 1 aliphatic carbocycles. The lowest BCUT2D eigenvalue weighted by molar-refractivity contribution is -0.137. The summed E-state index contributed by atoms with van der Waals surface area (Å²) >= 11 is 0. The van der Waals surface area contributed by atoms with Crippen molar-refractivity contribution >= 4 is 0 Å². The zero-order chi connectivity index (χ0) is 12.7. The standard InChI is InChI=1S/C13H16F3N/c1-12(17,10-6-7-10)8-9-2-4-11(5-3-9)13(14,15)16/h2-5,10H,6-8,17H2,1H3. The highest BCUT2D eigenvalue weighted by molar-refractivity contribution is 5.26. The minimum atomic E-state index is -4.26. The average Bonchev–Trinajstić information content (AvgIpc) is 2.99. The Kier molecular flexibility index (Phi) is 2.94. The monoisotopic (exact) mass is 243 g/mol. The fourth-order valence-corrected chi connectivity index (χ4v) is 2.14. The molecular weight excluding hydrogens is 227 g/mol. The number of hydrogen-bond donors (Lipinski definition) is 1. The van der Waals surface area contributed by atoms with Crippen LogP contribution in [0.2, 0.25) is 0 Å². The van der Waals surface area contributed by atoms with Crippen molar-refractivity contribution in [1.82, 2.24) is 0 Å². The Bertz CT molecular complexity index is 388. The zero-order valence-electron chi connectivity index (χ0n) is 9.72. The van der Waals surface area contributed by atoms with E-state index in [4.69, 9.17) is 5.73 Å². The summed E-state index contributed by atoms with van der Waals surface area (Å²) in [6.07, 6.45) is -1.36. The van der Waals surface area contributed by atoms with Crippen LogP contribution in [-0.2, 0) is 12.6 Å². The maximum absolute atomic E-state index is 12.4. The Morgan fingerprint density at radius 2 is 1.71 bits per heavy atom. The van der Waals surface area contributed by atoms with Crippen LogP contribution in [0.4, 0.5) is 13.2 Å². The fraction of sp³-hybridized carbons (Fsp3) is 0.538. The second-order valence-corrected chi connectivity index (χ2v) is 5.15. The number of alkyl halides is 3. The third kappa shape index (κ3) is 3.00. The first-order chi connectivity index (χ1) is 7.79. The molecular formula is C13H16F3N. The number of nitrogens with two attached hydrogens (primary N) is 1. The summed E-state index contributed by atoms with van der Waals surface area (Å²) in [5.74, 6) is 0.518. The van der Waals surface area contributed by atoms with E-state index >= 15 is 0 Å². The average molecular weight is 243 g/mol. The molecule has 0 saturated heterocycles. The molecule has 2 N–H and O–H groups in total. The molecule has 0 radical (unpaired) electrons. The number of halogens is 3. The Labute approximate surface area is 98.8 Å². The lowest BCUT2D eigenvalue weighted by Gasteiger charge is -2.24. The van der Waals surface area contributed by atoms with E-state index in [-0.39, 0.29) is 5.54 Å². The molecule has 1 aromatic carbocycles. The highest BCUT2D eigenvalue weighted by Gasteiger charge is 2.38. The first-order valence-corrected chi connectivity index (χ1v) is 5.74. The van der Waals surface area contributed by atoms with Gasteiger partial charge in [-0.15, -0.1) is 0 Å². The summed E-state index contributed by atoms with van der Waals surface area (Å²) < 4.78 is 37.1. The first-order valence-electron chi connectivity index (χ1n) is 5.74. The van der Waals surface area contributed by atoms with Gasteiger partial charge in [0.1, 0.15) is 0 Å². The zero-order valence-corrected chi connectivity index (χ0v) is 9.72. The Balaban J connectivity index is 2.08. The van der Waals surface area contributed by atoms with E-state index in [1.807, 2.05) is 6.92 Å². The van der Waals surface area contributed by atoms with Crippen molar-refractivity contribution in [2.45, 2.75) is 37.9 Å². The molecule has 4 heteroatoms. The molecule has 17 heavy (non-hydrogen) atoms. The maximum Gasteiger partial charge on any atom is 0.416 e. The van der Waals surface area contributed by atoms with Crippen LogP contribution in [0, 0.1) is 5.92 Å². The van der Waals surface area contributed by atoms with Crippen molar-refractivity contribution in [3.8, 4) is 0 Å². The van der Waals surface area contributed by atoms with E-state index < -0.39 is 11.7 Å². The lowest BCUT2D eigenvalue weighted by atomic mass is 9.89. The summed E-state index contributed by atoms with van der Waals surface area (Å²) in [5.41, 5.74) is 6.13. The van der Waals surface area contributed by atoms with E-state index in [1.165, 1.54) is 12.1 Å². The lowest BCUT2D eigenvalue weighted by Crippen LogP contribution is -2.40. The van der Waals surface area contributed by atoms with Crippen molar-refractivity contribution in [3.63, 3.8) is 0 Å². The van der Waals surface area contributed by atoms with E-state index in [0.29, 0.717) is 12.3 Å². The van der Waals surface area contributed by atoms with Crippen LogP contribution in [0.5, 0.6) is 0 Å². The molecule has 1 aromatic rings. The molecule has 0 bridgehead atoms. The smallest absolute Gasteiger partial charge is 0.325 e. The third-order valence-corrected chi connectivity index (χ3v) is 3.38. The largest absolute Gasteiger partial charge is 0.416 e. The van der Waals surface area contributed by atoms with Crippen LogP contribution in [0.25, 0.3) is 0 Å². The minimum Gasteiger partial charge on any atom is -0.325 e. The van der Waals surface area contributed by atoms with Gasteiger partial charge in [0, 0.05) is 5.54 Å². The highest BCUT2D eigenvalue weighted by Crippen LogP contribution is 2.39. The van der Waals surface area contributed by atoms with Crippen LogP contribution in [0.1, 0.15) is 30.9 Å². The van der Waals surface area contributed by atoms with Gasteiger partial charge >= 0.3 is 6.18 Å². The molecule has 0 spiro atoms. The second kappa shape index (κ2) is 4.02. The highest BCUT2D eigenvalue weighted by atomic mass is 19.4. The van der Waals surface area contributed by atoms with E-state index in [1.54, 1.807) is 0 Å². The molecule has 1 atom stereocenters. The van der Waals surface area contributed by atoms with Crippen molar-refractivity contribution < 1.29 is 13.2 Å². The van der Waals surface area contributed by atoms with Gasteiger partial charge in [0.25, 0.3) is 0 Å². The van der Waals surface area contributed by atoms with E-state index in [2.05, 4.69) is 0 Å². The molecule has 2 rings (SSSR count). The Morgan fingerprint density at radius 1 is 1.18 bits per heavy atom. The quantitative estimate of drug-likeness (QED) is 0.865. The summed E-state index contributed by atoms with van der Waals surface area (Å²) in [7, 11) is 0. The van der Waals surface area contributed by atoms with Crippen LogP contribution in [0.3, 0.4) is 0 Å². The summed E-state index contributed by atoms with van der Waals surface area (Å²) in [4.78, 5) is 0. The molecule has 1 nitrogen and oxygen atoms in total. The van der Waals surface area contributed by atoms with Gasteiger partial charge in [-0.3, -0.25) is 0 Å². The van der Waals surface area contributed by atoms with Crippen LogP contribution < -0.4 is 5.73 Å². The Morgan fingerprint density at radius 3 is 2.12 bits per heavy atom. The topological polar surface area (TPSA) is 26.0 Å². The molecule has 1 fully saturated rings. The van der Waals surface area contributed by atoms with Gasteiger partial charge in [-0.2, -0.15) is 13.2 Å². The molecule has 1 saturated carbocycles. The van der Waals surface area contributed by atoms with Gasteiger partial charge in [0.05, 0.1) is 5.56 Å². The molecule has 0 aliphatic heterocycles. The van der Waals surface area contributed by atoms with Gasteiger partial charge in [0.2, 0.25) is 0 Å². The van der Waals surface area contributed by atoms with Gasteiger partial charge in [-0.1, -0.05) is 12.1 Å². The molecule has 1 unspecified atom stereocenters. The van der Waals surface area contributed by atoms with Gasteiger partial charge < -0.3 is 5.73 Å². The molecule has 1 aliphatic rings. The van der Waals surface area contributed by atoms with Crippen molar-refractivity contribution in [2.24, 2.45) is 11.7 Å². The van der Waals surface area contributed by atoms with Crippen LogP contribution >= 0.6 is 0 Å². The number of hydrogen-bond acceptors (Lipinski definition) is 1. The third-order valence-electron chi connectivity index (χ3n) is 3.38. The Hall–Kier alpha value is -1.03. The predicted octanol–water partition coefficient (Wildman–Crippen LogP) is 3.38. The first kappa shape index (κ1) is 12.4. The summed E-state index contributed by atoms with van der Waals surface area (Å²) in [6, 6.07) is 5.29. The van der Waals surface area contributed by atoms with Gasteiger partial charge in [-0.05, 0) is 49.8 Å². The van der Waals surface area contributed by atoms with Crippen molar-refractivity contribution in [2.75, 3.05) is 0 Å². The summed E-state index contributed by atoms with van der Waals surface area (Å²) in [5, 5.41) is 0. The molecule has 0 heterocycles. The minimum absolute atomic E-state index is 0.292. The molecule has 0 amide bonds. The molecule has 0 aromatic heterocycles. The van der Waals surface area contributed by atoms with Crippen LogP contribution in [0.15, 0.2) is 24.3 Å². The van der Waals surface area contributed by atoms with Gasteiger partial charge in [0.15, 0.2) is 0 Å². The maximum atomic E-state index is 12.4. The normalized spacial score (nSPS) is 20.1. The van der Waals surface area contributed by atoms with E-state index in [9.17, 15) is 13.2 Å². The number of rotatable bonds is 3. The summed E-state index contributed by atoms with van der Waals surface area (Å²) in [6.45, 7) is 1.97. The fourth-order valence-electron chi connectivity index (χ4n) is 2.14. The van der Waals surface area contributed by atoms with Crippen molar-refractivity contribution in [3.05, 3.63) is 35.4 Å².